The highest BCUT2D eigenvalue weighted by atomic mass is 79.9. The number of carbonyl (C=O) groups excluding carboxylic acids is 1. The van der Waals surface area contributed by atoms with Crippen LogP contribution in [0.1, 0.15) is 50.0 Å². The van der Waals surface area contributed by atoms with Crippen molar-refractivity contribution in [3.8, 4) is 0 Å². The second kappa shape index (κ2) is 7.68. The van der Waals surface area contributed by atoms with Gasteiger partial charge in [-0.1, -0.05) is 34.1 Å². The Balaban J connectivity index is 1.52. The summed E-state index contributed by atoms with van der Waals surface area (Å²) in [4.78, 5) is 25.7. The molecule has 24 heavy (non-hydrogen) atoms. The fraction of sp³-hybridized carbons (Fsp3) is 0.579. The molecule has 130 valence electrons. The summed E-state index contributed by atoms with van der Waals surface area (Å²) in [5.74, 6) is -0.192. The Kier molecular flexibility index (Phi) is 5.59. The van der Waals surface area contributed by atoms with Gasteiger partial charge in [-0.3, -0.25) is 9.59 Å². The monoisotopic (exact) mass is 393 g/mol. The molecule has 2 fully saturated rings. The average Bonchev–Trinajstić information content (AvgIpc) is 2.62. The number of hydrogen-bond donors (Lipinski definition) is 1. The molecule has 1 heterocycles. The molecular weight excluding hydrogens is 370 g/mol. The van der Waals surface area contributed by atoms with Gasteiger partial charge in [-0.25, -0.2) is 0 Å². The SMILES string of the molecule is O=C(O)C1CCC(C(=O)N2CCC(c3ccccc3Br)CC2)CC1. The number of nitrogens with zero attached hydrogens (tertiary/aromatic N) is 1. The van der Waals surface area contributed by atoms with E-state index in [2.05, 4.69) is 34.1 Å². The lowest BCUT2D eigenvalue weighted by atomic mass is 9.81. The number of piperidine rings is 1. The van der Waals surface area contributed by atoms with E-state index in [9.17, 15) is 9.59 Å². The van der Waals surface area contributed by atoms with Crippen molar-refractivity contribution in [2.75, 3.05) is 13.1 Å². The zero-order chi connectivity index (χ0) is 17.1. The van der Waals surface area contributed by atoms with E-state index in [1.165, 1.54) is 5.56 Å². The summed E-state index contributed by atoms with van der Waals surface area (Å²) >= 11 is 3.63. The molecule has 0 unspecified atom stereocenters. The van der Waals surface area contributed by atoms with Crippen LogP contribution in [0.5, 0.6) is 0 Å². The molecule has 0 aromatic heterocycles. The van der Waals surface area contributed by atoms with E-state index in [4.69, 9.17) is 5.11 Å². The molecule has 1 saturated heterocycles. The number of aliphatic carboxylic acids is 1. The van der Waals surface area contributed by atoms with Crippen molar-refractivity contribution >= 4 is 27.8 Å². The maximum atomic E-state index is 12.7. The molecule has 1 amide bonds. The first-order valence-corrected chi connectivity index (χ1v) is 9.61. The molecule has 5 heteroatoms. The molecule has 0 radical (unpaired) electrons. The zero-order valence-electron chi connectivity index (χ0n) is 13.8. The van der Waals surface area contributed by atoms with Crippen molar-refractivity contribution < 1.29 is 14.7 Å². The van der Waals surface area contributed by atoms with Crippen molar-refractivity contribution in [1.29, 1.82) is 0 Å². The van der Waals surface area contributed by atoms with Crippen molar-refractivity contribution in [3.63, 3.8) is 0 Å². The van der Waals surface area contributed by atoms with Crippen LogP contribution in [0.4, 0.5) is 0 Å². The van der Waals surface area contributed by atoms with Crippen molar-refractivity contribution in [3.05, 3.63) is 34.3 Å². The van der Waals surface area contributed by atoms with Gasteiger partial charge >= 0.3 is 5.97 Å². The summed E-state index contributed by atoms with van der Waals surface area (Å²) in [6.45, 7) is 1.62. The van der Waals surface area contributed by atoms with Crippen molar-refractivity contribution in [2.45, 2.75) is 44.4 Å². The van der Waals surface area contributed by atoms with Crippen LogP contribution in [0.2, 0.25) is 0 Å². The molecule has 2 aliphatic rings. The molecular formula is C19H24BrNO3. The minimum Gasteiger partial charge on any atom is -0.481 e. The Morgan fingerprint density at radius 1 is 0.958 bits per heavy atom. The Hall–Kier alpha value is -1.36. The molecule has 1 aromatic carbocycles. The van der Waals surface area contributed by atoms with Crippen LogP contribution >= 0.6 is 15.9 Å². The third-order valence-corrected chi connectivity index (χ3v) is 6.30. The van der Waals surface area contributed by atoms with Crippen LogP contribution in [-0.2, 0) is 9.59 Å². The van der Waals surface area contributed by atoms with Crippen LogP contribution in [0.3, 0.4) is 0 Å². The number of rotatable bonds is 3. The summed E-state index contributed by atoms with van der Waals surface area (Å²) < 4.78 is 1.15. The number of hydrogen-bond acceptors (Lipinski definition) is 2. The molecule has 1 N–H and O–H groups in total. The predicted molar refractivity (Wildman–Crippen MR) is 95.8 cm³/mol. The number of benzene rings is 1. The maximum absolute atomic E-state index is 12.7. The number of likely N-dealkylation sites (tertiary alicyclic amines) is 1. The minimum absolute atomic E-state index is 0.0283. The molecule has 1 saturated carbocycles. The first-order chi connectivity index (χ1) is 11.6. The molecule has 0 atom stereocenters. The Morgan fingerprint density at radius 3 is 2.12 bits per heavy atom. The zero-order valence-corrected chi connectivity index (χ0v) is 15.4. The normalized spacial score (nSPS) is 25.5. The fourth-order valence-electron chi connectivity index (χ4n) is 4.06. The van der Waals surface area contributed by atoms with Crippen LogP contribution in [0, 0.1) is 11.8 Å². The summed E-state index contributed by atoms with van der Waals surface area (Å²) in [6, 6.07) is 8.34. The fourth-order valence-corrected chi connectivity index (χ4v) is 4.67. The number of carboxylic acids is 1. The van der Waals surface area contributed by atoms with Crippen LogP contribution < -0.4 is 0 Å². The lowest BCUT2D eigenvalue weighted by molar-refractivity contribution is -0.146. The second-order valence-electron chi connectivity index (χ2n) is 7.01. The standard InChI is InChI=1S/C19H24BrNO3/c20-17-4-2-1-3-16(17)13-9-11-21(12-10-13)18(22)14-5-7-15(8-6-14)19(23)24/h1-4,13-15H,5-12H2,(H,23,24). The van der Waals surface area contributed by atoms with E-state index >= 15 is 0 Å². The molecule has 3 rings (SSSR count). The van der Waals surface area contributed by atoms with E-state index in [-0.39, 0.29) is 17.7 Å². The molecule has 1 aliphatic carbocycles. The van der Waals surface area contributed by atoms with E-state index in [1.54, 1.807) is 0 Å². The first kappa shape index (κ1) is 17.5. The van der Waals surface area contributed by atoms with Gasteiger partial charge in [0.15, 0.2) is 0 Å². The highest BCUT2D eigenvalue weighted by Crippen LogP contribution is 2.35. The highest BCUT2D eigenvalue weighted by molar-refractivity contribution is 9.10. The van der Waals surface area contributed by atoms with Gasteiger partial charge in [-0.15, -0.1) is 0 Å². The smallest absolute Gasteiger partial charge is 0.306 e. The molecule has 4 nitrogen and oxygen atoms in total. The lowest BCUT2D eigenvalue weighted by Crippen LogP contribution is -2.42. The number of carbonyl (C=O) groups is 2. The van der Waals surface area contributed by atoms with Gasteiger partial charge < -0.3 is 10.0 Å². The Morgan fingerprint density at radius 2 is 1.54 bits per heavy atom. The summed E-state index contributed by atoms with van der Waals surface area (Å²) in [5, 5.41) is 9.07. The topological polar surface area (TPSA) is 57.6 Å². The molecule has 0 spiro atoms. The van der Waals surface area contributed by atoms with Crippen LogP contribution in [-0.4, -0.2) is 35.0 Å². The summed E-state index contributed by atoms with van der Waals surface area (Å²) in [5.41, 5.74) is 1.34. The van der Waals surface area contributed by atoms with Gasteiger partial charge in [-0.05, 0) is 56.1 Å². The number of carboxylic acid groups (broad SMARTS) is 1. The molecule has 1 aromatic rings. The average molecular weight is 394 g/mol. The lowest BCUT2D eigenvalue weighted by Gasteiger charge is -2.36. The van der Waals surface area contributed by atoms with E-state index in [0.29, 0.717) is 18.8 Å². The van der Waals surface area contributed by atoms with Gasteiger partial charge in [0, 0.05) is 23.5 Å². The summed E-state index contributed by atoms with van der Waals surface area (Å²) in [7, 11) is 0. The Labute approximate surface area is 151 Å². The largest absolute Gasteiger partial charge is 0.481 e. The van der Waals surface area contributed by atoms with E-state index in [0.717, 1.165) is 43.2 Å². The second-order valence-corrected chi connectivity index (χ2v) is 7.86. The maximum Gasteiger partial charge on any atom is 0.306 e. The third-order valence-electron chi connectivity index (χ3n) is 5.58. The Bertz CT molecular complexity index is 602. The quantitative estimate of drug-likeness (QED) is 0.842. The number of amides is 1. The van der Waals surface area contributed by atoms with E-state index < -0.39 is 5.97 Å². The van der Waals surface area contributed by atoms with Gasteiger partial charge in [0.05, 0.1) is 5.92 Å². The predicted octanol–water partition coefficient (Wildman–Crippen LogP) is 4.05. The molecule has 0 bridgehead atoms. The highest BCUT2D eigenvalue weighted by Gasteiger charge is 2.33. The van der Waals surface area contributed by atoms with Crippen molar-refractivity contribution in [1.82, 2.24) is 4.90 Å². The van der Waals surface area contributed by atoms with E-state index in [1.807, 2.05) is 11.0 Å². The van der Waals surface area contributed by atoms with Gasteiger partial charge in [0.1, 0.15) is 0 Å². The number of halogens is 1. The van der Waals surface area contributed by atoms with Gasteiger partial charge in [0.2, 0.25) is 5.91 Å². The van der Waals surface area contributed by atoms with Crippen LogP contribution in [0.25, 0.3) is 0 Å². The minimum atomic E-state index is -0.713. The first-order valence-electron chi connectivity index (χ1n) is 8.82. The molecule has 1 aliphatic heterocycles. The third kappa shape index (κ3) is 3.82. The summed E-state index contributed by atoms with van der Waals surface area (Å²) in [6.07, 6.45) is 4.72. The van der Waals surface area contributed by atoms with Gasteiger partial charge in [-0.2, -0.15) is 0 Å². The van der Waals surface area contributed by atoms with Crippen molar-refractivity contribution in [2.24, 2.45) is 11.8 Å². The van der Waals surface area contributed by atoms with Crippen LogP contribution in [0.15, 0.2) is 28.7 Å². The van der Waals surface area contributed by atoms with Gasteiger partial charge in [0.25, 0.3) is 0 Å².